The van der Waals surface area contributed by atoms with E-state index in [0.717, 1.165) is 0 Å². The summed E-state index contributed by atoms with van der Waals surface area (Å²) in [6.07, 6.45) is 2.60. The van der Waals surface area contributed by atoms with Crippen LogP contribution in [0.1, 0.15) is 48.4 Å². The van der Waals surface area contributed by atoms with E-state index in [0.29, 0.717) is 22.5 Å². The fraction of sp³-hybridized carbons (Fsp3) is 0.250. The Hall–Kier alpha value is -3.29. The number of benzene rings is 1. The number of esters is 2. The van der Waals surface area contributed by atoms with Crippen molar-refractivity contribution in [3.63, 3.8) is 0 Å². The maximum absolute atomic E-state index is 12.0. The molecule has 0 aliphatic heterocycles. The van der Waals surface area contributed by atoms with Gasteiger partial charge in [-0.15, -0.1) is 11.5 Å². The number of ether oxygens (including phenoxy) is 2. The van der Waals surface area contributed by atoms with Gasteiger partial charge in [0.15, 0.2) is 0 Å². The van der Waals surface area contributed by atoms with Gasteiger partial charge in [-0.25, -0.2) is 9.59 Å². The van der Waals surface area contributed by atoms with E-state index in [-0.39, 0.29) is 38.7 Å². The minimum atomic E-state index is -0.437. The summed E-state index contributed by atoms with van der Waals surface area (Å²) >= 11 is 0. The van der Waals surface area contributed by atoms with Gasteiger partial charge in [0, 0.05) is 12.4 Å². The molecule has 0 aliphatic rings. The molecule has 3 rings (SSSR count). The van der Waals surface area contributed by atoms with Crippen LogP contribution in [-0.2, 0) is 30.5 Å². The molecule has 0 spiro atoms. The fourth-order valence-corrected chi connectivity index (χ4v) is 2.41. The third-order valence-electron chi connectivity index (χ3n) is 3.79. The van der Waals surface area contributed by atoms with Crippen LogP contribution in [0, 0.1) is 0 Å². The van der Waals surface area contributed by atoms with Gasteiger partial charge in [0.2, 0.25) is 0 Å². The van der Waals surface area contributed by atoms with Crippen molar-refractivity contribution < 1.29 is 55.8 Å². The van der Waals surface area contributed by atoms with Gasteiger partial charge < -0.3 is 25.2 Å². The Kier molecular flexibility index (Phi) is 13.3. The number of hydrogen-bond donors (Lipinski definition) is 0. The third kappa shape index (κ3) is 9.68. The van der Waals surface area contributed by atoms with Gasteiger partial charge in [-0.1, -0.05) is 24.3 Å². The summed E-state index contributed by atoms with van der Waals surface area (Å²) in [5.41, 5.74) is 1.72. The zero-order valence-corrected chi connectivity index (χ0v) is 21.4. The van der Waals surface area contributed by atoms with E-state index in [1.165, 1.54) is 24.5 Å². The quantitative estimate of drug-likeness (QED) is 0.382. The van der Waals surface area contributed by atoms with Crippen molar-refractivity contribution in [2.24, 2.45) is 0 Å². The average Bonchev–Trinajstić information content (AvgIpc) is 2.75. The number of nitrogens with zero attached hydrogens (tertiary/aromatic N) is 2. The molecule has 1 aromatic carbocycles. The predicted octanol–water partition coefficient (Wildman–Crippen LogP) is 2.28. The molecule has 34 heavy (non-hydrogen) atoms. The summed E-state index contributed by atoms with van der Waals surface area (Å²) in [6, 6.07) is 11.9. The number of para-hydroxylation sites is 2. The minimum Gasteiger partial charge on any atom is -0.873 e. The van der Waals surface area contributed by atoms with E-state index >= 15 is 0 Å². The Morgan fingerprint density at radius 3 is 1.38 bits per heavy atom. The number of pyridine rings is 2. The van der Waals surface area contributed by atoms with Gasteiger partial charge in [0.05, 0.1) is 34.7 Å². The summed E-state index contributed by atoms with van der Waals surface area (Å²) < 4.78 is 10.3. The van der Waals surface area contributed by atoms with Crippen molar-refractivity contribution in [2.75, 3.05) is 0 Å². The maximum atomic E-state index is 12.0. The number of hydrogen-bond acceptors (Lipinski definition) is 8. The second-order valence-corrected chi connectivity index (χ2v) is 7.21. The van der Waals surface area contributed by atoms with E-state index < -0.39 is 23.4 Å². The first-order chi connectivity index (χ1) is 15.2. The Labute approximate surface area is 212 Å². The third-order valence-corrected chi connectivity index (χ3v) is 3.79. The summed E-state index contributed by atoms with van der Waals surface area (Å²) in [6.45, 7) is 7.13. The van der Waals surface area contributed by atoms with Crippen LogP contribution in [0.5, 0.6) is 11.5 Å². The van der Waals surface area contributed by atoms with E-state index in [1.807, 2.05) is 0 Å². The summed E-state index contributed by atoms with van der Waals surface area (Å²) in [7, 11) is 0. The van der Waals surface area contributed by atoms with Crippen LogP contribution in [0.2, 0.25) is 0 Å². The van der Waals surface area contributed by atoms with Crippen molar-refractivity contribution in [1.82, 2.24) is 9.97 Å². The molecule has 0 fully saturated rings. The molecule has 0 saturated heterocycles. The molecule has 2 N–H and O–H groups in total. The molecule has 10 heteroatoms. The van der Waals surface area contributed by atoms with Crippen LogP contribution in [0.3, 0.4) is 0 Å². The van der Waals surface area contributed by atoms with E-state index in [2.05, 4.69) is 9.97 Å². The fourth-order valence-electron chi connectivity index (χ4n) is 2.41. The molecule has 9 nitrogen and oxygen atoms in total. The molecule has 0 radical (unpaired) electrons. The molecule has 184 valence electrons. The molecule has 0 bridgehead atoms. The monoisotopic (exact) mass is 649 g/mol. The van der Waals surface area contributed by atoms with E-state index in [9.17, 15) is 19.8 Å². The molecular weight excluding hydrogens is 623 g/mol. The summed E-state index contributed by atoms with van der Waals surface area (Å²) in [5, 5.41) is 20.6. The normalized spacial score (nSPS) is 9.71. The Balaban J connectivity index is 0.000000927. The Morgan fingerprint density at radius 2 is 1.09 bits per heavy atom. The average molecular weight is 650 g/mol. The Bertz CT molecular complexity index is 990. The summed E-state index contributed by atoms with van der Waals surface area (Å²) in [4.78, 5) is 32.4. The van der Waals surface area contributed by atoms with Gasteiger partial charge in [0.1, 0.15) is 0 Å². The zero-order valence-electron chi connectivity index (χ0n) is 19.1. The van der Waals surface area contributed by atoms with Crippen molar-refractivity contribution in [3.8, 4) is 22.9 Å². The van der Waals surface area contributed by atoms with Crippen molar-refractivity contribution in [2.45, 2.75) is 39.9 Å². The van der Waals surface area contributed by atoms with Crippen LogP contribution in [0.25, 0.3) is 11.4 Å². The molecule has 0 unspecified atom stereocenters. The standard InChI is InChI=1S/C18H20N2O4.C6H6O2.H2O.Pt/c1-11(2)23-17(21)13-5-7-19-15(9-13)16-10-14(6-8-20-16)18(22)24-12(3)4;7-5-3-1-2-4-6(5)8;;/h5-12H,1-4H3;1-4,7-8H;1H2;/q;;;+2/p-2. The van der Waals surface area contributed by atoms with Crippen LogP contribution < -0.4 is 10.2 Å². The number of aromatic nitrogens is 2. The summed E-state index contributed by atoms with van der Waals surface area (Å²) in [5.74, 6) is -1.73. The van der Waals surface area contributed by atoms with Gasteiger partial charge in [-0.2, -0.15) is 0 Å². The van der Waals surface area contributed by atoms with Crippen LogP contribution in [0.4, 0.5) is 0 Å². The molecule has 2 heterocycles. The second-order valence-electron chi connectivity index (χ2n) is 7.21. The SMILES string of the molecule is CC(C)OC(=O)c1ccnc(-c2cc(C(=O)OC(C)C)ccn2)c1.O.[O-]c1ccccc1[O-].[Pt+2]. The maximum Gasteiger partial charge on any atom is 2.00 e. The molecule has 0 amide bonds. The number of carbonyl (C=O) groups is 2. The largest absolute Gasteiger partial charge is 2.00 e. The van der Waals surface area contributed by atoms with E-state index in [1.54, 1.807) is 64.1 Å². The van der Waals surface area contributed by atoms with Crippen LogP contribution in [-0.4, -0.2) is 39.6 Å². The van der Waals surface area contributed by atoms with Crippen molar-refractivity contribution in [1.29, 1.82) is 0 Å². The van der Waals surface area contributed by atoms with Crippen molar-refractivity contribution in [3.05, 3.63) is 72.1 Å². The van der Waals surface area contributed by atoms with Crippen LogP contribution >= 0.6 is 0 Å². The molecule has 3 aromatic rings. The molecule has 0 saturated carbocycles. The molecule has 0 atom stereocenters. The minimum absolute atomic E-state index is 0. The van der Waals surface area contributed by atoms with Crippen LogP contribution in [0.15, 0.2) is 60.9 Å². The first-order valence-corrected chi connectivity index (χ1v) is 9.95. The van der Waals surface area contributed by atoms with Crippen molar-refractivity contribution >= 4 is 11.9 Å². The predicted molar refractivity (Wildman–Crippen MR) is 118 cm³/mol. The molecule has 2 aromatic heterocycles. The Morgan fingerprint density at radius 1 is 0.735 bits per heavy atom. The topological polar surface area (TPSA) is 156 Å². The molecular formula is C24H26N2O7Pt. The first-order valence-electron chi connectivity index (χ1n) is 9.95. The zero-order chi connectivity index (χ0) is 23.7. The van der Waals surface area contributed by atoms with Gasteiger partial charge in [0.25, 0.3) is 0 Å². The number of carbonyl (C=O) groups excluding carboxylic acids is 2. The van der Waals surface area contributed by atoms with E-state index in [4.69, 9.17) is 9.47 Å². The van der Waals surface area contributed by atoms with Gasteiger partial charge in [-0.3, -0.25) is 9.97 Å². The first kappa shape index (κ1) is 30.7. The van der Waals surface area contributed by atoms with Gasteiger partial charge >= 0.3 is 33.0 Å². The smallest absolute Gasteiger partial charge is 0.873 e. The molecule has 0 aliphatic carbocycles. The van der Waals surface area contributed by atoms with Gasteiger partial charge in [-0.05, 0) is 52.0 Å². The number of rotatable bonds is 5. The second kappa shape index (κ2) is 14.8.